The second-order valence-electron chi connectivity index (χ2n) is 11.7. The minimum atomic E-state index is -2.74. The minimum absolute atomic E-state index is 0.125. The number of carboxylic acids is 3. The van der Waals surface area contributed by atoms with Crippen LogP contribution in [0.2, 0.25) is 0 Å². The van der Waals surface area contributed by atoms with Crippen molar-refractivity contribution in [2.45, 2.75) is 89.1 Å². The quantitative estimate of drug-likeness (QED) is 0.299. The fourth-order valence-electron chi connectivity index (χ4n) is 5.47. The van der Waals surface area contributed by atoms with E-state index in [-0.39, 0.29) is 16.9 Å². The number of hydrogen-bond donors (Lipinski definition) is 5. The molecule has 2 heterocycles. The van der Waals surface area contributed by atoms with Crippen molar-refractivity contribution >= 4 is 17.9 Å². The first-order valence-electron chi connectivity index (χ1n) is 12.8. The average Bonchev–Trinajstić information content (AvgIpc) is 3.25. The highest BCUT2D eigenvalue weighted by atomic mass is 19.1. The summed E-state index contributed by atoms with van der Waals surface area (Å²) in [5.74, 6) is -4.57. The van der Waals surface area contributed by atoms with Crippen molar-refractivity contribution in [3.8, 4) is 0 Å². The summed E-state index contributed by atoms with van der Waals surface area (Å²) in [6.45, 7) is 12.9. The van der Waals surface area contributed by atoms with E-state index in [1.807, 2.05) is 12.1 Å². The highest BCUT2D eigenvalue weighted by Crippen LogP contribution is 2.33. The molecule has 1 unspecified atom stereocenters. The number of carbonyl (C=O) groups is 3. The Morgan fingerprint density at radius 2 is 1.55 bits per heavy atom. The van der Waals surface area contributed by atoms with E-state index in [9.17, 15) is 18.8 Å². The number of hydrogen-bond acceptors (Lipinski definition) is 7. The first kappa shape index (κ1) is 31.6. The maximum atomic E-state index is 13.3. The molecular weight excluding hydrogens is 499 g/mol. The van der Waals surface area contributed by atoms with Gasteiger partial charge in [-0.05, 0) is 70.6 Å². The van der Waals surface area contributed by atoms with Gasteiger partial charge in [0.15, 0.2) is 5.60 Å². The van der Waals surface area contributed by atoms with Crippen molar-refractivity contribution in [2.75, 3.05) is 19.8 Å². The normalized spacial score (nSPS) is 21.0. The molecule has 10 nitrogen and oxygen atoms in total. The van der Waals surface area contributed by atoms with Gasteiger partial charge in [-0.3, -0.25) is 14.5 Å². The lowest BCUT2D eigenvalue weighted by molar-refractivity contribution is -0.170. The van der Waals surface area contributed by atoms with Crippen LogP contribution >= 0.6 is 0 Å². The molecule has 11 heteroatoms. The molecule has 0 amide bonds. The first-order valence-corrected chi connectivity index (χ1v) is 12.8. The predicted molar refractivity (Wildman–Crippen MR) is 137 cm³/mol. The second-order valence-corrected chi connectivity index (χ2v) is 11.7. The van der Waals surface area contributed by atoms with Gasteiger partial charge in [0.1, 0.15) is 5.82 Å². The lowest BCUT2D eigenvalue weighted by atomic mass is 9.78. The summed E-state index contributed by atoms with van der Waals surface area (Å²) in [7, 11) is 0. The molecule has 38 heavy (non-hydrogen) atoms. The number of rotatable bonds is 10. The van der Waals surface area contributed by atoms with Crippen LogP contribution in [-0.4, -0.2) is 85.7 Å². The molecule has 1 aromatic carbocycles. The van der Waals surface area contributed by atoms with E-state index in [1.165, 1.54) is 5.56 Å². The van der Waals surface area contributed by atoms with Crippen molar-refractivity contribution in [3.05, 3.63) is 35.6 Å². The molecule has 0 saturated carbocycles. The third-order valence-corrected chi connectivity index (χ3v) is 6.79. The SMILES string of the molecule is CC1(C)CC(N(Cc2ccc(F)cc2)CC2CCOC2)CC(C)(C)N1.O=C(O)CC(O)(CC(=O)O)C(=O)O. The Bertz CT molecular complexity index is 928. The molecular formula is C27H41FN2O8. The van der Waals surface area contributed by atoms with Crippen molar-refractivity contribution in [1.29, 1.82) is 0 Å². The molecule has 2 saturated heterocycles. The Hall–Kier alpha value is -2.60. The zero-order chi connectivity index (χ0) is 28.7. The van der Waals surface area contributed by atoms with Gasteiger partial charge in [0, 0.05) is 36.8 Å². The van der Waals surface area contributed by atoms with Crippen LogP contribution in [0.4, 0.5) is 4.39 Å². The van der Waals surface area contributed by atoms with Crippen molar-refractivity contribution in [1.82, 2.24) is 10.2 Å². The van der Waals surface area contributed by atoms with Crippen LogP contribution in [-0.2, 0) is 25.7 Å². The van der Waals surface area contributed by atoms with E-state index in [4.69, 9.17) is 25.2 Å². The Morgan fingerprint density at radius 1 is 1.03 bits per heavy atom. The molecule has 3 rings (SSSR count). The second kappa shape index (κ2) is 13.0. The van der Waals surface area contributed by atoms with Crippen molar-refractivity contribution < 1.29 is 43.9 Å². The molecule has 2 fully saturated rings. The highest BCUT2D eigenvalue weighted by molar-refractivity contribution is 5.88. The fraction of sp³-hybridized carbons (Fsp3) is 0.667. The lowest BCUT2D eigenvalue weighted by Gasteiger charge is -2.50. The maximum Gasteiger partial charge on any atom is 0.336 e. The van der Waals surface area contributed by atoms with Gasteiger partial charge >= 0.3 is 17.9 Å². The molecule has 0 aliphatic carbocycles. The minimum Gasteiger partial charge on any atom is -0.481 e. The van der Waals surface area contributed by atoms with Gasteiger partial charge in [0.2, 0.25) is 0 Å². The van der Waals surface area contributed by atoms with Gasteiger partial charge < -0.3 is 30.5 Å². The third-order valence-electron chi connectivity index (χ3n) is 6.79. The van der Waals surface area contributed by atoms with Gasteiger partial charge in [-0.1, -0.05) is 12.1 Å². The van der Waals surface area contributed by atoms with Gasteiger partial charge in [-0.2, -0.15) is 0 Å². The van der Waals surface area contributed by atoms with E-state index in [0.717, 1.165) is 45.6 Å². The number of carboxylic acid groups (broad SMARTS) is 3. The Labute approximate surface area is 222 Å². The molecule has 0 bridgehead atoms. The van der Waals surface area contributed by atoms with E-state index in [0.29, 0.717) is 12.0 Å². The van der Waals surface area contributed by atoms with Crippen molar-refractivity contribution in [2.24, 2.45) is 5.92 Å². The molecule has 0 radical (unpaired) electrons. The summed E-state index contributed by atoms with van der Waals surface area (Å²) in [6.07, 6.45) is 1.12. The average molecular weight is 541 g/mol. The van der Waals surface area contributed by atoms with Gasteiger partial charge in [0.05, 0.1) is 19.4 Å². The van der Waals surface area contributed by atoms with Crippen LogP contribution < -0.4 is 5.32 Å². The number of nitrogens with zero attached hydrogens (tertiary/aromatic N) is 1. The summed E-state index contributed by atoms with van der Waals surface area (Å²) in [5.41, 5.74) is -1.30. The van der Waals surface area contributed by atoms with E-state index >= 15 is 0 Å². The number of aliphatic carboxylic acids is 3. The van der Waals surface area contributed by atoms with Gasteiger partial charge in [0.25, 0.3) is 0 Å². The van der Waals surface area contributed by atoms with E-state index < -0.39 is 36.4 Å². The van der Waals surface area contributed by atoms with Crippen LogP contribution in [0.25, 0.3) is 0 Å². The first-order chi connectivity index (χ1) is 17.5. The molecule has 214 valence electrons. The largest absolute Gasteiger partial charge is 0.481 e. The standard InChI is InChI=1S/C21H33FN2O.C6H8O7/c1-20(2)11-19(12-21(3,4)23-20)24(14-17-9-10-25-15-17)13-16-5-7-18(22)8-6-16;7-3(8)1-6(13,5(11)12)2-4(9)10/h5-8,17,19,23H,9-15H2,1-4H3;13H,1-2H2,(H,7,8)(H,9,10)(H,11,12). The zero-order valence-electron chi connectivity index (χ0n) is 22.6. The monoisotopic (exact) mass is 540 g/mol. The number of piperidine rings is 1. The Morgan fingerprint density at radius 3 is 1.97 bits per heavy atom. The molecule has 5 N–H and O–H groups in total. The molecule has 2 aliphatic rings. The van der Waals surface area contributed by atoms with Crippen LogP contribution in [0.15, 0.2) is 24.3 Å². The summed E-state index contributed by atoms with van der Waals surface area (Å²) in [4.78, 5) is 33.1. The van der Waals surface area contributed by atoms with Crippen LogP contribution in [0.1, 0.15) is 65.4 Å². The highest BCUT2D eigenvalue weighted by Gasteiger charge is 2.41. The summed E-state index contributed by atoms with van der Waals surface area (Å²) in [5, 5.41) is 37.6. The summed E-state index contributed by atoms with van der Waals surface area (Å²) >= 11 is 0. The van der Waals surface area contributed by atoms with Crippen LogP contribution in [0.5, 0.6) is 0 Å². The third kappa shape index (κ3) is 10.3. The van der Waals surface area contributed by atoms with Crippen LogP contribution in [0, 0.1) is 11.7 Å². The van der Waals surface area contributed by atoms with Crippen LogP contribution in [0.3, 0.4) is 0 Å². The summed E-state index contributed by atoms with van der Waals surface area (Å²) < 4.78 is 18.9. The maximum absolute atomic E-state index is 13.3. The molecule has 1 aromatic rings. The molecule has 0 spiro atoms. The molecule has 0 aromatic heterocycles. The Balaban J connectivity index is 0.000000332. The number of halogens is 1. The summed E-state index contributed by atoms with van der Waals surface area (Å²) in [6, 6.07) is 7.51. The zero-order valence-corrected chi connectivity index (χ0v) is 22.6. The fourth-order valence-corrected chi connectivity index (χ4v) is 5.47. The van der Waals surface area contributed by atoms with Crippen molar-refractivity contribution in [3.63, 3.8) is 0 Å². The predicted octanol–water partition coefficient (Wildman–Crippen LogP) is 2.72. The molecule has 1 atom stereocenters. The number of nitrogens with one attached hydrogen (secondary N) is 1. The van der Waals surface area contributed by atoms with Gasteiger partial charge in [-0.25, -0.2) is 9.18 Å². The smallest absolute Gasteiger partial charge is 0.336 e. The Kier molecular flexibility index (Phi) is 10.8. The number of aliphatic hydroxyl groups is 1. The number of ether oxygens (including phenoxy) is 1. The lowest BCUT2D eigenvalue weighted by Crippen LogP contribution is -2.62. The van der Waals surface area contributed by atoms with E-state index in [1.54, 1.807) is 12.1 Å². The van der Waals surface area contributed by atoms with Gasteiger partial charge in [-0.15, -0.1) is 0 Å². The van der Waals surface area contributed by atoms with E-state index in [2.05, 4.69) is 37.9 Å². The topological polar surface area (TPSA) is 157 Å². The number of benzene rings is 1. The molecule has 2 aliphatic heterocycles.